The summed E-state index contributed by atoms with van der Waals surface area (Å²) in [7, 11) is 0. The van der Waals surface area contributed by atoms with E-state index in [1.807, 2.05) is 45.0 Å². The van der Waals surface area contributed by atoms with Gasteiger partial charge in [-0.2, -0.15) is 0 Å². The van der Waals surface area contributed by atoms with Gasteiger partial charge in [-0.15, -0.1) is 11.8 Å². The highest BCUT2D eigenvalue weighted by molar-refractivity contribution is 8.00. The third kappa shape index (κ3) is 5.36. The molecule has 0 aliphatic carbocycles. The van der Waals surface area contributed by atoms with Gasteiger partial charge in [0.25, 0.3) is 0 Å². The number of amides is 1. The third-order valence-electron chi connectivity index (χ3n) is 3.71. The molecule has 2 aromatic rings. The maximum atomic E-state index is 12.5. The zero-order chi connectivity index (χ0) is 18.4. The fourth-order valence-corrected chi connectivity index (χ4v) is 3.07. The van der Waals surface area contributed by atoms with Crippen LogP contribution in [0.5, 0.6) is 0 Å². The second-order valence-electron chi connectivity index (χ2n) is 5.81. The third-order valence-corrected chi connectivity index (χ3v) is 4.82. The molecule has 0 heterocycles. The number of nitrogens with one attached hydrogen (secondary N) is 1. The van der Waals surface area contributed by atoms with Gasteiger partial charge in [-0.1, -0.05) is 23.8 Å². The van der Waals surface area contributed by atoms with E-state index >= 15 is 0 Å². The summed E-state index contributed by atoms with van der Waals surface area (Å²) < 4.78 is 5.01. The molecule has 0 aromatic heterocycles. The molecule has 2 rings (SSSR count). The summed E-state index contributed by atoms with van der Waals surface area (Å²) in [4.78, 5) is 25.4. The number of rotatable bonds is 6. The second-order valence-corrected chi connectivity index (χ2v) is 7.23. The summed E-state index contributed by atoms with van der Waals surface area (Å²) in [5.74, 6) is -0.491. The van der Waals surface area contributed by atoms with Gasteiger partial charge in [0.2, 0.25) is 5.91 Å². The average molecular weight is 357 g/mol. The Hall–Kier alpha value is -2.27. The first-order valence-electron chi connectivity index (χ1n) is 8.22. The van der Waals surface area contributed by atoms with Gasteiger partial charge in [0, 0.05) is 10.6 Å². The average Bonchev–Trinajstić information content (AvgIpc) is 2.59. The summed E-state index contributed by atoms with van der Waals surface area (Å²) >= 11 is 1.50. The lowest BCUT2D eigenvalue weighted by atomic mass is 10.1. The number of anilines is 1. The number of ether oxygens (including phenoxy) is 1. The molecule has 0 bridgehead atoms. The fourth-order valence-electron chi connectivity index (χ4n) is 2.21. The summed E-state index contributed by atoms with van der Waals surface area (Å²) in [5, 5.41) is 2.66. The van der Waals surface area contributed by atoms with E-state index in [0.717, 1.165) is 10.5 Å². The van der Waals surface area contributed by atoms with E-state index in [1.165, 1.54) is 17.3 Å². The van der Waals surface area contributed by atoms with Crippen LogP contribution < -0.4 is 5.32 Å². The Morgan fingerprint density at radius 3 is 2.44 bits per heavy atom. The molecule has 0 unspecified atom stereocenters. The zero-order valence-electron chi connectivity index (χ0n) is 15.0. The molecule has 0 radical (unpaired) electrons. The van der Waals surface area contributed by atoms with Gasteiger partial charge < -0.3 is 10.1 Å². The van der Waals surface area contributed by atoms with E-state index in [2.05, 4.69) is 5.32 Å². The molecule has 0 saturated heterocycles. The summed E-state index contributed by atoms with van der Waals surface area (Å²) in [6.45, 7) is 7.87. The minimum Gasteiger partial charge on any atom is -0.462 e. The van der Waals surface area contributed by atoms with E-state index in [4.69, 9.17) is 4.74 Å². The minimum absolute atomic E-state index is 0.102. The molecular formula is C20H23NO3S. The number of esters is 1. The monoisotopic (exact) mass is 357 g/mol. The molecule has 0 aliphatic rings. The molecule has 5 heteroatoms. The topological polar surface area (TPSA) is 55.4 Å². The highest BCUT2D eigenvalue weighted by atomic mass is 32.2. The van der Waals surface area contributed by atoms with Crippen molar-refractivity contribution in [1.29, 1.82) is 0 Å². The molecule has 0 fully saturated rings. The van der Waals surface area contributed by atoms with Crippen LogP contribution >= 0.6 is 11.8 Å². The van der Waals surface area contributed by atoms with Crippen LogP contribution in [0.3, 0.4) is 0 Å². The van der Waals surface area contributed by atoms with E-state index in [9.17, 15) is 9.59 Å². The first-order chi connectivity index (χ1) is 11.9. The van der Waals surface area contributed by atoms with Crippen LogP contribution in [0.1, 0.15) is 35.3 Å². The van der Waals surface area contributed by atoms with Crippen molar-refractivity contribution >= 4 is 29.3 Å². The summed E-state index contributed by atoms with van der Waals surface area (Å²) in [6, 6.07) is 13.2. The minimum atomic E-state index is -0.389. The van der Waals surface area contributed by atoms with Crippen molar-refractivity contribution in [2.24, 2.45) is 0 Å². The predicted molar refractivity (Wildman–Crippen MR) is 102 cm³/mol. The number of thioether (sulfide) groups is 1. The Morgan fingerprint density at radius 2 is 1.80 bits per heavy atom. The lowest BCUT2D eigenvalue weighted by molar-refractivity contribution is -0.115. The largest absolute Gasteiger partial charge is 0.462 e. The number of aryl methyl sites for hydroxylation is 2. The number of carbonyl (C=O) groups excluding carboxylic acids is 2. The zero-order valence-corrected chi connectivity index (χ0v) is 15.8. The van der Waals surface area contributed by atoms with Crippen LogP contribution in [0.2, 0.25) is 0 Å². The van der Waals surface area contributed by atoms with Gasteiger partial charge in [0.15, 0.2) is 0 Å². The maximum absolute atomic E-state index is 12.5. The molecule has 0 saturated carbocycles. The quantitative estimate of drug-likeness (QED) is 0.606. The number of carbonyl (C=O) groups is 2. The van der Waals surface area contributed by atoms with Crippen molar-refractivity contribution < 1.29 is 14.3 Å². The van der Waals surface area contributed by atoms with Gasteiger partial charge in [0.05, 0.1) is 17.4 Å². The van der Waals surface area contributed by atoms with Gasteiger partial charge in [-0.05, 0) is 57.5 Å². The van der Waals surface area contributed by atoms with Gasteiger partial charge >= 0.3 is 5.97 Å². The lowest BCUT2D eigenvalue weighted by Gasteiger charge is -2.14. The van der Waals surface area contributed by atoms with Gasteiger partial charge in [0.1, 0.15) is 0 Å². The van der Waals surface area contributed by atoms with Crippen molar-refractivity contribution in [3.63, 3.8) is 0 Å². The molecular weight excluding hydrogens is 334 g/mol. The van der Waals surface area contributed by atoms with Crippen LogP contribution in [0.25, 0.3) is 0 Å². The summed E-state index contributed by atoms with van der Waals surface area (Å²) in [5.41, 5.74) is 3.15. The standard InChI is InChI=1S/C20H23NO3S/c1-5-24-20(23)16-9-8-14(3)18(12-16)21-19(22)15(4)25-17-10-6-13(2)7-11-17/h6-12,15H,5H2,1-4H3,(H,21,22)/t15-/m1/s1. The second kappa shape index (κ2) is 8.72. The Kier molecular flexibility index (Phi) is 6.65. The van der Waals surface area contributed by atoms with Gasteiger partial charge in [-0.3, -0.25) is 4.79 Å². The number of hydrogen-bond donors (Lipinski definition) is 1. The Morgan fingerprint density at radius 1 is 1.12 bits per heavy atom. The normalized spacial score (nSPS) is 11.7. The molecule has 0 spiro atoms. The molecule has 1 atom stereocenters. The SMILES string of the molecule is CCOC(=O)c1ccc(C)c(NC(=O)[C@@H](C)Sc2ccc(C)cc2)c1. The highest BCUT2D eigenvalue weighted by Gasteiger charge is 2.16. The molecule has 4 nitrogen and oxygen atoms in total. The van der Waals surface area contributed by atoms with Crippen LogP contribution in [0.15, 0.2) is 47.4 Å². The molecule has 25 heavy (non-hydrogen) atoms. The molecule has 1 N–H and O–H groups in total. The van der Waals surface area contributed by atoms with Crippen LogP contribution in [0, 0.1) is 13.8 Å². The van der Waals surface area contributed by atoms with Crippen LogP contribution in [-0.2, 0) is 9.53 Å². The van der Waals surface area contributed by atoms with Gasteiger partial charge in [-0.25, -0.2) is 4.79 Å². The highest BCUT2D eigenvalue weighted by Crippen LogP contribution is 2.25. The van der Waals surface area contributed by atoms with Crippen molar-refractivity contribution in [3.05, 3.63) is 59.2 Å². The van der Waals surface area contributed by atoms with Crippen molar-refractivity contribution in [3.8, 4) is 0 Å². The number of hydrogen-bond acceptors (Lipinski definition) is 4. The maximum Gasteiger partial charge on any atom is 0.338 e. The van der Waals surface area contributed by atoms with Crippen LogP contribution in [0.4, 0.5) is 5.69 Å². The molecule has 2 aromatic carbocycles. The Bertz CT molecular complexity index is 756. The van der Waals surface area contributed by atoms with Crippen molar-refractivity contribution in [2.45, 2.75) is 37.8 Å². The summed E-state index contributed by atoms with van der Waals surface area (Å²) in [6.07, 6.45) is 0. The number of benzene rings is 2. The molecule has 1 amide bonds. The van der Waals surface area contributed by atoms with E-state index in [1.54, 1.807) is 25.1 Å². The van der Waals surface area contributed by atoms with Crippen molar-refractivity contribution in [2.75, 3.05) is 11.9 Å². The fraction of sp³-hybridized carbons (Fsp3) is 0.300. The van der Waals surface area contributed by atoms with Crippen molar-refractivity contribution in [1.82, 2.24) is 0 Å². The van der Waals surface area contributed by atoms with E-state index in [0.29, 0.717) is 17.9 Å². The van der Waals surface area contributed by atoms with E-state index < -0.39 is 0 Å². The van der Waals surface area contributed by atoms with E-state index in [-0.39, 0.29) is 17.1 Å². The predicted octanol–water partition coefficient (Wildman–Crippen LogP) is 4.60. The first kappa shape index (κ1) is 19.1. The molecule has 0 aliphatic heterocycles. The Balaban J connectivity index is 2.07. The first-order valence-corrected chi connectivity index (χ1v) is 9.10. The smallest absolute Gasteiger partial charge is 0.338 e. The lowest BCUT2D eigenvalue weighted by Crippen LogP contribution is -2.23. The molecule has 132 valence electrons. The Labute approximate surface area is 153 Å². The van der Waals surface area contributed by atoms with Crippen LogP contribution in [-0.4, -0.2) is 23.7 Å².